The number of carbonyl (C=O) groups is 1. The van der Waals surface area contributed by atoms with Gasteiger partial charge in [0, 0.05) is 24.0 Å². The second-order valence-corrected chi connectivity index (χ2v) is 5.50. The molecule has 2 aromatic rings. The predicted molar refractivity (Wildman–Crippen MR) is 101 cm³/mol. The first-order valence-corrected chi connectivity index (χ1v) is 7.97. The third-order valence-corrected chi connectivity index (χ3v) is 3.69. The van der Waals surface area contributed by atoms with E-state index in [-0.39, 0.29) is 24.0 Å². The Balaban J connectivity index is 2.42. The number of aliphatic imine (C=N–C) groups is 1. The van der Waals surface area contributed by atoms with E-state index in [1.807, 2.05) is 0 Å². The average molecular weight is 373 g/mol. The van der Waals surface area contributed by atoms with E-state index in [0.29, 0.717) is 11.1 Å². The van der Waals surface area contributed by atoms with E-state index in [9.17, 15) is 18.0 Å². The molecule has 3 N–H and O–H groups in total. The first-order valence-electron chi connectivity index (χ1n) is 7.97. The number of hydrogen-bond donors (Lipinski definition) is 2. The van der Waals surface area contributed by atoms with Gasteiger partial charge in [-0.1, -0.05) is 30.8 Å². The van der Waals surface area contributed by atoms with Crippen molar-refractivity contribution in [1.29, 1.82) is 0 Å². The predicted octanol–water partition coefficient (Wildman–Crippen LogP) is 3.89. The molecule has 0 atom stereocenters. The van der Waals surface area contributed by atoms with Crippen LogP contribution in [0.3, 0.4) is 0 Å². The van der Waals surface area contributed by atoms with Crippen LogP contribution in [-0.2, 0) is 11.3 Å². The van der Waals surface area contributed by atoms with Crippen molar-refractivity contribution in [2.75, 3.05) is 0 Å². The Hall–Kier alpha value is -3.35. The molecule has 0 heterocycles. The number of alkyl halides is 2. The number of hydrogen-bond acceptors (Lipinski definition) is 3. The van der Waals surface area contributed by atoms with E-state index in [1.54, 1.807) is 30.3 Å². The van der Waals surface area contributed by atoms with Crippen LogP contribution in [0.1, 0.15) is 11.1 Å². The van der Waals surface area contributed by atoms with Crippen molar-refractivity contribution in [3.05, 3.63) is 78.1 Å². The largest absolute Gasteiger partial charge is 0.398 e. The van der Waals surface area contributed by atoms with Crippen molar-refractivity contribution in [2.45, 2.75) is 13.1 Å². The lowest BCUT2D eigenvalue weighted by Gasteiger charge is -2.13. The number of nitrogens with two attached hydrogens (primary N) is 1. The Morgan fingerprint density at radius 3 is 2.48 bits per heavy atom. The molecule has 1 amide bonds. The lowest BCUT2D eigenvalue weighted by Crippen LogP contribution is -2.21. The molecule has 0 radical (unpaired) electrons. The standard InChI is InChI=1S/C20H18F3N3O/c1-2-19(27)26-12-15-4-3-14(13-5-7-16(21)8-6-13)11-17(15)18(24)9-10-25-20(22)23/h2-11,20H,1,12,24H2,(H,26,27). The van der Waals surface area contributed by atoms with Crippen molar-refractivity contribution in [2.24, 2.45) is 10.7 Å². The van der Waals surface area contributed by atoms with Gasteiger partial charge in [0.25, 0.3) is 0 Å². The molecule has 0 fully saturated rings. The summed E-state index contributed by atoms with van der Waals surface area (Å²) in [5, 5.41) is 2.64. The maximum atomic E-state index is 13.1. The molecule has 2 rings (SSSR count). The molecule has 0 spiro atoms. The Bertz CT molecular complexity index is 875. The van der Waals surface area contributed by atoms with E-state index in [1.165, 1.54) is 18.2 Å². The second kappa shape index (κ2) is 9.38. The maximum Gasteiger partial charge on any atom is 0.331 e. The number of nitrogens with zero attached hydrogens (tertiary/aromatic N) is 1. The molecule has 140 valence electrons. The van der Waals surface area contributed by atoms with Crippen molar-refractivity contribution in [3.8, 4) is 11.1 Å². The molecule has 27 heavy (non-hydrogen) atoms. The fourth-order valence-electron chi connectivity index (χ4n) is 2.35. The van der Waals surface area contributed by atoms with Crippen LogP contribution in [0.25, 0.3) is 16.8 Å². The first-order chi connectivity index (χ1) is 12.9. The van der Waals surface area contributed by atoms with E-state index in [2.05, 4.69) is 16.9 Å². The van der Waals surface area contributed by atoms with Crippen LogP contribution in [0, 0.1) is 5.82 Å². The zero-order valence-electron chi connectivity index (χ0n) is 14.3. The van der Waals surface area contributed by atoms with Crippen molar-refractivity contribution < 1.29 is 18.0 Å². The lowest BCUT2D eigenvalue weighted by molar-refractivity contribution is -0.116. The van der Waals surface area contributed by atoms with Crippen LogP contribution < -0.4 is 11.1 Å². The van der Waals surface area contributed by atoms with Gasteiger partial charge in [-0.05, 0) is 47.0 Å². The number of amides is 1. The molecule has 0 aliphatic heterocycles. The molecule has 4 nitrogen and oxygen atoms in total. The zero-order valence-corrected chi connectivity index (χ0v) is 14.3. The van der Waals surface area contributed by atoms with Gasteiger partial charge in [-0.25, -0.2) is 9.38 Å². The van der Waals surface area contributed by atoms with Crippen LogP contribution in [0.5, 0.6) is 0 Å². The number of benzene rings is 2. The summed E-state index contributed by atoms with van der Waals surface area (Å²) in [6, 6.07) is 11.2. The number of nitrogens with one attached hydrogen (secondary N) is 1. The normalized spacial score (nSPS) is 11.8. The molecular weight excluding hydrogens is 355 g/mol. The Morgan fingerprint density at radius 1 is 1.19 bits per heavy atom. The third kappa shape index (κ3) is 5.85. The first kappa shape index (κ1) is 20.0. The van der Waals surface area contributed by atoms with Gasteiger partial charge in [0.15, 0.2) is 0 Å². The van der Waals surface area contributed by atoms with Crippen LogP contribution in [0.2, 0.25) is 0 Å². The third-order valence-electron chi connectivity index (χ3n) is 3.69. The lowest BCUT2D eigenvalue weighted by atomic mass is 9.97. The molecule has 0 aliphatic rings. The topological polar surface area (TPSA) is 67.5 Å². The molecule has 0 bridgehead atoms. The van der Waals surface area contributed by atoms with Crippen LogP contribution in [0.15, 0.2) is 66.2 Å². The summed E-state index contributed by atoms with van der Waals surface area (Å²) in [5.41, 5.74) is 8.96. The molecule has 0 aromatic heterocycles. The minimum Gasteiger partial charge on any atom is -0.398 e. The number of allylic oxidation sites excluding steroid dienone is 1. The Morgan fingerprint density at radius 2 is 1.85 bits per heavy atom. The zero-order chi connectivity index (χ0) is 19.8. The fraction of sp³-hybridized carbons (Fsp3) is 0.100. The minimum absolute atomic E-state index is 0.171. The molecule has 0 saturated carbocycles. The van der Waals surface area contributed by atoms with Crippen LogP contribution in [-0.4, -0.2) is 18.7 Å². The van der Waals surface area contributed by atoms with Crippen LogP contribution >= 0.6 is 0 Å². The van der Waals surface area contributed by atoms with Gasteiger partial charge in [0.1, 0.15) is 5.82 Å². The van der Waals surface area contributed by atoms with Crippen molar-refractivity contribution >= 4 is 17.8 Å². The minimum atomic E-state index is -2.83. The fourth-order valence-corrected chi connectivity index (χ4v) is 2.35. The van der Waals surface area contributed by atoms with Gasteiger partial charge in [-0.2, -0.15) is 8.78 Å². The van der Waals surface area contributed by atoms with E-state index >= 15 is 0 Å². The van der Waals surface area contributed by atoms with Crippen molar-refractivity contribution in [1.82, 2.24) is 5.32 Å². The molecule has 7 heteroatoms. The maximum absolute atomic E-state index is 13.1. The molecule has 0 saturated heterocycles. The quantitative estimate of drug-likeness (QED) is 0.439. The molecule has 0 aliphatic carbocycles. The summed E-state index contributed by atoms with van der Waals surface area (Å²) in [6.07, 6.45) is 3.33. The van der Waals surface area contributed by atoms with E-state index in [0.717, 1.165) is 23.4 Å². The number of carbonyl (C=O) groups excluding carboxylic acids is 1. The number of rotatable bonds is 7. The highest BCUT2D eigenvalue weighted by Gasteiger charge is 2.09. The summed E-state index contributed by atoms with van der Waals surface area (Å²) >= 11 is 0. The smallest absolute Gasteiger partial charge is 0.331 e. The van der Waals surface area contributed by atoms with Gasteiger partial charge < -0.3 is 11.1 Å². The SMILES string of the molecule is C=CC(=O)NCc1ccc(-c2ccc(F)cc2)cc1C(N)=CC=NC(F)F. The molecule has 0 unspecified atom stereocenters. The highest BCUT2D eigenvalue weighted by atomic mass is 19.3. The summed E-state index contributed by atoms with van der Waals surface area (Å²) in [4.78, 5) is 14.4. The average Bonchev–Trinajstić information content (AvgIpc) is 2.66. The highest BCUT2D eigenvalue weighted by Crippen LogP contribution is 2.25. The van der Waals surface area contributed by atoms with Gasteiger partial charge >= 0.3 is 6.55 Å². The van der Waals surface area contributed by atoms with Gasteiger partial charge in [-0.3, -0.25) is 4.79 Å². The Kier molecular flexibility index (Phi) is 6.93. The molecular formula is C20H18F3N3O. The number of halogens is 3. The Labute approximate surface area is 154 Å². The van der Waals surface area contributed by atoms with E-state index < -0.39 is 6.55 Å². The second-order valence-electron chi connectivity index (χ2n) is 5.50. The summed E-state index contributed by atoms with van der Waals surface area (Å²) in [5.74, 6) is -0.712. The summed E-state index contributed by atoms with van der Waals surface area (Å²) in [7, 11) is 0. The van der Waals surface area contributed by atoms with Gasteiger partial charge in [0.2, 0.25) is 5.91 Å². The molecule has 2 aromatic carbocycles. The summed E-state index contributed by atoms with van der Waals surface area (Å²) < 4.78 is 37.5. The van der Waals surface area contributed by atoms with Crippen LogP contribution in [0.4, 0.5) is 13.2 Å². The van der Waals surface area contributed by atoms with Gasteiger partial charge in [-0.15, -0.1) is 0 Å². The summed E-state index contributed by atoms with van der Waals surface area (Å²) in [6.45, 7) is 0.724. The van der Waals surface area contributed by atoms with Gasteiger partial charge in [0.05, 0.1) is 0 Å². The van der Waals surface area contributed by atoms with Crippen molar-refractivity contribution in [3.63, 3.8) is 0 Å². The van der Waals surface area contributed by atoms with E-state index in [4.69, 9.17) is 5.73 Å². The highest BCUT2D eigenvalue weighted by molar-refractivity contribution is 5.87. The monoisotopic (exact) mass is 373 g/mol.